The molecule has 0 saturated carbocycles. The molecule has 2 N–H and O–H groups in total. The second kappa shape index (κ2) is 5.19. The Morgan fingerprint density at radius 2 is 2.24 bits per heavy atom. The molecule has 2 aromatic rings. The highest BCUT2D eigenvalue weighted by Gasteiger charge is 2.10. The van der Waals surface area contributed by atoms with Gasteiger partial charge in [0.25, 0.3) is 5.91 Å². The van der Waals surface area contributed by atoms with Gasteiger partial charge in [-0.3, -0.25) is 4.79 Å². The van der Waals surface area contributed by atoms with Crippen LogP contribution in [0.3, 0.4) is 0 Å². The molecule has 1 amide bonds. The van der Waals surface area contributed by atoms with Crippen molar-refractivity contribution < 1.29 is 4.79 Å². The van der Waals surface area contributed by atoms with Crippen molar-refractivity contribution in [2.75, 3.05) is 0 Å². The Bertz CT molecular complexity index is 520. The van der Waals surface area contributed by atoms with E-state index < -0.39 is 0 Å². The molecule has 1 aromatic heterocycles. The van der Waals surface area contributed by atoms with Gasteiger partial charge in [0, 0.05) is 23.4 Å². The van der Waals surface area contributed by atoms with E-state index in [0.717, 1.165) is 15.6 Å². The molecule has 0 radical (unpaired) electrons. The number of aromatic nitrogens is 1. The van der Waals surface area contributed by atoms with E-state index >= 15 is 0 Å². The van der Waals surface area contributed by atoms with E-state index in [-0.39, 0.29) is 5.91 Å². The molecule has 0 saturated heterocycles. The predicted molar refractivity (Wildman–Crippen MR) is 70.8 cm³/mol. The first-order valence-corrected chi connectivity index (χ1v) is 6.13. The van der Waals surface area contributed by atoms with Crippen molar-refractivity contribution in [1.82, 2.24) is 10.3 Å². The number of aromatic amines is 1. The summed E-state index contributed by atoms with van der Waals surface area (Å²) in [6, 6.07) is 7.59. The van der Waals surface area contributed by atoms with E-state index in [0.29, 0.717) is 12.1 Å². The standard InChI is InChI=1S/C13H13BrN2O/c1-9-3-2-4-11(12(9)14)13(17)16-8-10-5-6-15-7-10/h2-7,15H,8H2,1H3,(H,16,17). The van der Waals surface area contributed by atoms with Crippen molar-refractivity contribution in [2.45, 2.75) is 13.5 Å². The van der Waals surface area contributed by atoms with Crippen LogP contribution in [-0.2, 0) is 6.54 Å². The lowest BCUT2D eigenvalue weighted by molar-refractivity contribution is 0.0950. The number of hydrogen-bond acceptors (Lipinski definition) is 1. The summed E-state index contributed by atoms with van der Waals surface area (Å²) in [5.41, 5.74) is 2.78. The maximum absolute atomic E-state index is 12.0. The minimum Gasteiger partial charge on any atom is -0.367 e. The molecule has 0 spiro atoms. The summed E-state index contributed by atoms with van der Waals surface area (Å²) in [6.07, 6.45) is 3.70. The summed E-state index contributed by atoms with van der Waals surface area (Å²) < 4.78 is 0.853. The Hall–Kier alpha value is -1.55. The molecule has 0 atom stereocenters. The molecule has 1 aromatic carbocycles. The zero-order valence-corrected chi connectivity index (χ0v) is 11.0. The van der Waals surface area contributed by atoms with Gasteiger partial charge in [-0.25, -0.2) is 0 Å². The van der Waals surface area contributed by atoms with Crippen LogP contribution in [0.4, 0.5) is 0 Å². The van der Waals surface area contributed by atoms with Crippen LogP contribution < -0.4 is 5.32 Å². The van der Waals surface area contributed by atoms with Crippen molar-refractivity contribution in [2.24, 2.45) is 0 Å². The predicted octanol–water partition coefficient (Wildman–Crippen LogP) is 3.02. The number of H-pyrrole nitrogens is 1. The van der Waals surface area contributed by atoms with Gasteiger partial charge in [0.1, 0.15) is 0 Å². The van der Waals surface area contributed by atoms with Crippen molar-refractivity contribution in [1.29, 1.82) is 0 Å². The lowest BCUT2D eigenvalue weighted by atomic mass is 10.1. The fourth-order valence-electron chi connectivity index (χ4n) is 1.57. The highest BCUT2D eigenvalue weighted by molar-refractivity contribution is 9.10. The van der Waals surface area contributed by atoms with Crippen LogP contribution in [0.15, 0.2) is 41.1 Å². The molecule has 0 unspecified atom stereocenters. The molecule has 4 heteroatoms. The van der Waals surface area contributed by atoms with Crippen molar-refractivity contribution >= 4 is 21.8 Å². The SMILES string of the molecule is Cc1cccc(C(=O)NCc2cc[nH]c2)c1Br. The Morgan fingerprint density at radius 3 is 2.94 bits per heavy atom. The average molecular weight is 293 g/mol. The molecule has 0 aliphatic heterocycles. The monoisotopic (exact) mass is 292 g/mol. The van der Waals surface area contributed by atoms with Gasteiger partial charge < -0.3 is 10.3 Å². The van der Waals surface area contributed by atoms with Crippen LogP contribution in [0.1, 0.15) is 21.5 Å². The van der Waals surface area contributed by atoms with Gasteiger partial charge in [-0.15, -0.1) is 0 Å². The highest BCUT2D eigenvalue weighted by Crippen LogP contribution is 2.20. The lowest BCUT2D eigenvalue weighted by Gasteiger charge is -2.07. The Balaban J connectivity index is 2.07. The van der Waals surface area contributed by atoms with Gasteiger partial charge in [0.2, 0.25) is 0 Å². The van der Waals surface area contributed by atoms with E-state index in [1.165, 1.54) is 0 Å². The van der Waals surface area contributed by atoms with E-state index in [2.05, 4.69) is 26.2 Å². The lowest BCUT2D eigenvalue weighted by Crippen LogP contribution is -2.23. The summed E-state index contributed by atoms with van der Waals surface area (Å²) in [6.45, 7) is 2.50. The smallest absolute Gasteiger partial charge is 0.252 e. The van der Waals surface area contributed by atoms with Crippen molar-refractivity contribution in [3.05, 3.63) is 57.8 Å². The van der Waals surface area contributed by atoms with Gasteiger partial charge in [0.05, 0.1) is 5.56 Å². The van der Waals surface area contributed by atoms with E-state index in [1.807, 2.05) is 43.6 Å². The Morgan fingerprint density at radius 1 is 1.41 bits per heavy atom. The Kier molecular flexibility index (Phi) is 3.64. The first-order chi connectivity index (χ1) is 8.18. The number of nitrogens with one attached hydrogen (secondary N) is 2. The van der Waals surface area contributed by atoms with E-state index in [1.54, 1.807) is 0 Å². The van der Waals surface area contributed by atoms with Crippen LogP contribution in [-0.4, -0.2) is 10.9 Å². The first-order valence-electron chi connectivity index (χ1n) is 5.33. The zero-order chi connectivity index (χ0) is 12.3. The number of halogens is 1. The maximum atomic E-state index is 12.0. The van der Waals surface area contributed by atoms with Gasteiger partial charge in [0.15, 0.2) is 0 Å². The molecule has 17 heavy (non-hydrogen) atoms. The number of benzene rings is 1. The fraction of sp³-hybridized carbons (Fsp3) is 0.154. The molecule has 0 bridgehead atoms. The van der Waals surface area contributed by atoms with Gasteiger partial charge >= 0.3 is 0 Å². The number of amides is 1. The van der Waals surface area contributed by atoms with E-state index in [4.69, 9.17) is 0 Å². The van der Waals surface area contributed by atoms with Crippen molar-refractivity contribution in [3.8, 4) is 0 Å². The molecule has 88 valence electrons. The molecule has 0 fully saturated rings. The third-order valence-corrected chi connectivity index (χ3v) is 3.60. The third-order valence-electron chi connectivity index (χ3n) is 2.55. The minimum absolute atomic E-state index is 0.0678. The summed E-state index contributed by atoms with van der Waals surface area (Å²) in [5.74, 6) is -0.0678. The quantitative estimate of drug-likeness (QED) is 0.897. The number of hydrogen-bond donors (Lipinski definition) is 2. The average Bonchev–Trinajstić information content (AvgIpc) is 2.82. The summed E-state index contributed by atoms with van der Waals surface area (Å²) in [5, 5.41) is 2.88. The number of carbonyl (C=O) groups is 1. The minimum atomic E-state index is -0.0678. The third kappa shape index (κ3) is 2.77. The Labute approximate surface area is 108 Å². The zero-order valence-electron chi connectivity index (χ0n) is 9.46. The second-order valence-corrected chi connectivity index (χ2v) is 4.63. The van der Waals surface area contributed by atoms with Crippen LogP contribution in [0.2, 0.25) is 0 Å². The normalized spacial score (nSPS) is 10.2. The molecular formula is C13H13BrN2O. The topological polar surface area (TPSA) is 44.9 Å². The molecule has 3 nitrogen and oxygen atoms in total. The number of aryl methyl sites for hydroxylation is 1. The summed E-state index contributed by atoms with van der Waals surface area (Å²) in [7, 11) is 0. The molecule has 2 rings (SSSR count). The maximum Gasteiger partial charge on any atom is 0.252 e. The molecule has 0 aliphatic carbocycles. The largest absolute Gasteiger partial charge is 0.367 e. The molecular weight excluding hydrogens is 280 g/mol. The number of rotatable bonds is 3. The van der Waals surface area contributed by atoms with Crippen LogP contribution in [0.5, 0.6) is 0 Å². The van der Waals surface area contributed by atoms with Crippen LogP contribution in [0.25, 0.3) is 0 Å². The number of carbonyl (C=O) groups excluding carboxylic acids is 1. The summed E-state index contributed by atoms with van der Waals surface area (Å²) >= 11 is 3.43. The first kappa shape index (κ1) is 11.9. The van der Waals surface area contributed by atoms with Gasteiger partial charge in [-0.05, 0) is 46.1 Å². The highest BCUT2D eigenvalue weighted by atomic mass is 79.9. The van der Waals surface area contributed by atoms with E-state index in [9.17, 15) is 4.79 Å². The van der Waals surface area contributed by atoms with Crippen molar-refractivity contribution in [3.63, 3.8) is 0 Å². The van der Waals surface area contributed by atoms with Gasteiger partial charge in [-0.2, -0.15) is 0 Å². The fourth-order valence-corrected chi connectivity index (χ4v) is 2.01. The molecule has 0 aliphatic rings. The summed E-state index contributed by atoms with van der Waals surface area (Å²) in [4.78, 5) is 14.9. The van der Waals surface area contributed by atoms with Crippen LogP contribution in [0, 0.1) is 6.92 Å². The van der Waals surface area contributed by atoms with Gasteiger partial charge in [-0.1, -0.05) is 12.1 Å². The van der Waals surface area contributed by atoms with Crippen LogP contribution >= 0.6 is 15.9 Å². The second-order valence-electron chi connectivity index (χ2n) is 3.84. The molecule has 1 heterocycles.